The summed E-state index contributed by atoms with van der Waals surface area (Å²) in [5.41, 5.74) is 3.30. The number of benzene rings is 2. The number of carbonyl (C=O) groups excluding carboxylic acids is 1. The van der Waals surface area contributed by atoms with Crippen LogP contribution in [0.1, 0.15) is 37.3 Å². The summed E-state index contributed by atoms with van der Waals surface area (Å²) in [6.07, 6.45) is 4.65. The Kier molecular flexibility index (Phi) is 6.22. The largest absolute Gasteiger partial charge is 0.497 e. The molecule has 0 radical (unpaired) electrons. The second-order valence-corrected chi connectivity index (χ2v) is 6.71. The van der Waals surface area contributed by atoms with Gasteiger partial charge in [0.05, 0.1) is 19.9 Å². The summed E-state index contributed by atoms with van der Waals surface area (Å²) in [5, 5.41) is 2.90. The molecule has 1 N–H and O–H groups in total. The molecular weight excluding hydrogens is 342 g/mol. The highest BCUT2D eigenvalue weighted by molar-refractivity contribution is 5.95. The van der Waals surface area contributed by atoms with Crippen molar-refractivity contribution in [2.75, 3.05) is 19.5 Å². The molecule has 1 atom stereocenters. The van der Waals surface area contributed by atoms with Crippen LogP contribution >= 0.6 is 0 Å². The van der Waals surface area contributed by atoms with Gasteiger partial charge in [0.2, 0.25) is 0 Å². The molecule has 0 fully saturated rings. The second-order valence-electron chi connectivity index (χ2n) is 6.71. The van der Waals surface area contributed by atoms with Crippen molar-refractivity contribution in [3.05, 3.63) is 47.5 Å². The Morgan fingerprint density at radius 3 is 2.44 bits per heavy atom. The van der Waals surface area contributed by atoms with Gasteiger partial charge in [-0.1, -0.05) is 13.0 Å². The van der Waals surface area contributed by atoms with Crippen LogP contribution in [0.2, 0.25) is 0 Å². The van der Waals surface area contributed by atoms with Crippen LogP contribution in [0.5, 0.6) is 17.2 Å². The summed E-state index contributed by atoms with van der Waals surface area (Å²) in [6, 6.07) is 11.5. The van der Waals surface area contributed by atoms with Gasteiger partial charge in [-0.15, -0.1) is 0 Å². The fourth-order valence-corrected chi connectivity index (χ4v) is 3.39. The zero-order chi connectivity index (χ0) is 19.2. The lowest BCUT2D eigenvalue weighted by Crippen LogP contribution is -2.32. The van der Waals surface area contributed by atoms with Gasteiger partial charge in [0, 0.05) is 6.07 Å². The lowest BCUT2D eigenvalue weighted by Gasteiger charge is -2.21. The molecule has 5 heteroatoms. The highest BCUT2D eigenvalue weighted by atomic mass is 16.5. The smallest absolute Gasteiger partial charge is 0.265 e. The summed E-state index contributed by atoms with van der Waals surface area (Å²) >= 11 is 0. The number of methoxy groups -OCH3 is 2. The third-order valence-corrected chi connectivity index (χ3v) is 4.93. The zero-order valence-corrected chi connectivity index (χ0v) is 16.2. The molecule has 0 aromatic heterocycles. The third-order valence-electron chi connectivity index (χ3n) is 4.93. The number of carbonyl (C=O) groups is 1. The summed E-state index contributed by atoms with van der Waals surface area (Å²) in [5.74, 6) is 1.76. The van der Waals surface area contributed by atoms with Crippen molar-refractivity contribution in [3.8, 4) is 17.2 Å². The molecule has 5 nitrogen and oxygen atoms in total. The molecule has 0 aliphatic heterocycles. The van der Waals surface area contributed by atoms with Crippen molar-refractivity contribution in [1.82, 2.24) is 0 Å². The average Bonchev–Trinajstić information content (AvgIpc) is 2.71. The number of nitrogens with one attached hydrogen (secondary N) is 1. The lowest BCUT2D eigenvalue weighted by atomic mass is 9.92. The lowest BCUT2D eigenvalue weighted by molar-refractivity contribution is -0.122. The third kappa shape index (κ3) is 4.54. The molecule has 0 bridgehead atoms. The predicted molar refractivity (Wildman–Crippen MR) is 106 cm³/mol. The predicted octanol–water partition coefficient (Wildman–Crippen LogP) is 4.38. The monoisotopic (exact) mass is 369 g/mol. The minimum Gasteiger partial charge on any atom is -0.497 e. The van der Waals surface area contributed by atoms with E-state index >= 15 is 0 Å². The number of amides is 1. The maximum Gasteiger partial charge on any atom is 0.265 e. The molecule has 1 aliphatic rings. The maximum atomic E-state index is 12.8. The number of anilines is 1. The van der Waals surface area contributed by atoms with E-state index in [9.17, 15) is 4.79 Å². The first-order chi connectivity index (χ1) is 13.1. The summed E-state index contributed by atoms with van der Waals surface area (Å²) < 4.78 is 16.6. The van der Waals surface area contributed by atoms with Crippen LogP contribution in [0.3, 0.4) is 0 Å². The van der Waals surface area contributed by atoms with Gasteiger partial charge in [-0.05, 0) is 67.5 Å². The second kappa shape index (κ2) is 8.80. The molecule has 2 aromatic carbocycles. The van der Waals surface area contributed by atoms with E-state index in [1.807, 2.05) is 13.0 Å². The zero-order valence-electron chi connectivity index (χ0n) is 16.2. The molecule has 3 rings (SSSR count). The fourth-order valence-electron chi connectivity index (χ4n) is 3.39. The van der Waals surface area contributed by atoms with E-state index in [4.69, 9.17) is 14.2 Å². The Labute approximate surface area is 160 Å². The number of rotatable bonds is 7. The number of fused-ring (bicyclic) bond motifs is 1. The topological polar surface area (TPSA) is 56.8 Å². The SMILES string of the molecule is CC[C@@H](Oc1ccc2c(c1)CCCC2)C(=O)Nc1cc(OC)ccc1OC. The van der Waals surface area contributed by atoms with E-state index in [0.717, 1.165) is 18.6 Å². The maximum absolute atomic E-state index is 12.8. The van der Waals surface area contributed by atoms with Gasteiger partial charge in [-0.2, -0.15) is 0 Å². The quantitative estimate of drug-likeness (QED) is 0.787. The molecule has 1 aliphatic carbocycles. The van der Waals surface area contributed by atoms with Gasteiger partial charge in [-0.25, -0.2) is 0 Å². The Balaban J connectivity index is 1.73. The van der Waals surface area contributed by atoms with Gasteiger partial charge >= 0.3 is 0 Å². The minimum atomic E-state index is -0.581. The Bertz CT molecular complexity index is 803. The van der Waals surface area contributed by atoms with Gasteiger partial charge < -0.3 is 19.5 Å². The van der Waals surface area contributed by atoms with Crippen molar-refractivity contribution < 1.29 is 19.0 Å². The summed E-state index contributed by atoms with van der Waals surface area (Å²) in [4.78, 5) is 12.8. The van der Waals surface area contributed by atoms with Crippen LogP contribution in [-0.4, -0.2) is 26.2 Å². The fraction of sp³-hybridized carbons (Fsp3) is 0.409. The van der Waals surface area contributed by atoms with Crippen LogP contribution in [-0.2, 0) is 17.6 Å². The van der Waals surface area contributed by atoms with Crippen LogP contribution in [0.4, 0.5) is 5.69 Å². The van der Waals surface area contributed by atoms with Crippen LogP contribution in [0, 0.1) is 0 Å². The van der Waals surface area contributed by atoms with Gasteiger partial charge in [0.25, 0.3) is 5.91 Å². The molecule has 144 valence electrons. The molecule has 0 heterocycles. The normalized spacial score (nSPS) is 14.0. The molecule has 0 unspecified atom stereocenters. The van der Waals surface area contributed by atoms with Crippen molar-refractivity contribution in [3.63, 3.8) is 0 Å². The average molecular weight is 369 g/mol. The van der Waals surface area contributed by atoms with E-state index in [0.29, 0.717) is 23.6 Å². The van der Waals surface area contributed by atoms with Crippen LogP contribution < -0.4 is 19.5 Å². The Morgan fingerprint density at radius 2 is 1.74 bits per heavy atom. The number of ether oxygens (including phenoxy) is 3. The van der Waals surface area contributed by atoms with Crippen LogP contribution in [0.25, 0.3) is 0 Å². The molecule has 0 saturated carbocycles. The molecule has 0 saturated heterocycles. The van der Waals surface area contributed by atoms with E-state index in [1.54, 1.807) is 32.4 Å². The molecule has 1 amide bonds. The first-order valence-corrected chi connectivity index (χ1v) is 9.46. The van der Waals surface area contributed by atoms with Gasteiger partial charge in [0.15, 0.2) is 6.10 Å². The van der Waals surface area contributed by atoms with Crippen LogP contribution in [0.15, 0.2) is 36.4 Å². The molecule has 2 aromatic rings. The van der Waals surface area contributed by atoms with Gasteiger partial charge in [0.1, 0.15) is 17.2 Å². The highest BCUT2D eigenvalue weighted by Gasteiger charge is 2.21. The summed E-state index contributed by atoms with van der Waals surface area (Å²) in [6.45, 7) is 1.94. The van der Waals surface area contributed by atoms with E-state index in [2.05, 4.69) is 17.4 Å². The van der Waals surface area contributed by atoms with Crippen molar-refractivity contribution in [2.45, 2.75) is 45.1 Å². The van der Waals surface area contributed by atoms with Crippen molar-refractivity contribution in [2.24, 2.45) is 0 Å². The highest BCUT2D eigenvalue weighted by Crippen LogP contribution is 2.30. The van der Waals surface area contributed by atoms with Crippen molar-refractivity contribution >= 4 is 11.6 Å². The minimum absolute atomic E-state index is 0.207. The van der Waals surface area contributed by atoms with Crippen molar-refractivity contribution in [1.29, 1.82) is 0 Å². The molecule has 27 heavy (non-hydrogen) atoms. The number of aryl methyl sites for hydroxylation is 2. The molecular formula is C22H27NO4. The standard InChI is InChI=1S/C22H27NO4/c1-4-20(27-18-10-9-15-7-5-6-8-16(15)13-18)22(24)23-19-14-17(25-2)11-12-21(19)26-3/h9-14,20H,4-8H2,1-3H3,(H,23,24)/t20-/m1/s1. The first kappa shape index (κ1) is 19.1. The Morgan fingerprint density at radius 1 is 1.00 bits per heavy atom. The summed E-state index contributed by atoms with van der Waals surface area (Å²) in [7, 11) is 3.15. The Hall–Kier alpha value is -2.69. The number of hydrogen-bond donors (Lipinski definition) is 1. The van der Waals surface area contributed by atoms with E-state index < -0.39 is 6.10 Å². The first-order valence-electron chi connectivity index (χ1n) is 9.46. The van der Waals surface area contributed by atoms with Gasteiger partial charge in [-0.3, -0.25) is 4.79 Å². The van der Waals surface area contributed by atoms with E-state index in [-0.39, 0.29) is 5.91 Å². The molecule has 0 spiro atoms. The van der Waals surface area contributed by atoms with E-state index in [1.165, 1.54) is 24.0 Å². The number of hydrogen-bond acceptors (Lipinski definition) is 4.